The molecule has 0 spiro atoms. The van der Waals surface area contributed by atoms with Crippen molar-refractivity contribution >= 4 is 34.1 Å². The van der Waals surface area contributed by atoms with Crippen molar-refractivity contribution in [1.29, 1.82) is 0 Å². The van der Waals surface area contributed by atoms with E-state index in [2.05, 4.69) is 15.3 Å². The fourth-order valence-corrected chi connectivity index (χ4v) is 3.27. The highest BCUT2D eigenvalue weighted by Crippen LogP contribution is 2.29. The second-order valence-corrected chi connectivity index (χ2v) is 6.68. The third-order valence-electron chi connectivity index (χ3n) is 4.05. The molecule has 0 radical (unpaired) electrons. The van der Waals surface area contributed by atoms with E-state index in [4.69, 9.17) is 23.2 Å². The molecule has 2 N–H and O–H groups in total. The predicted octanol–water partition coefficient (Wildman–Crippen LogP) is 4.78. The van der Waals surface area contributed by atoms with E-state index in [0.717, 1.165) is 0 Å². The number of nitrogens with one attached hydrogen (secondary N) is 2. The monoisotopic (exact) mass is 379 g/mol. The van der Waals surface area contributed by atoms with Crippen molar-refractivity contribution in [2.45, 2.75) is 25.9 Å². The molecule has 0 fully saturated rings. The second kappa shape index (κ2) is 7.12. The van der Waals surface area contributed by atoms with Crippen molar-refractivity contribution in [2.75, 3.05) is 0 Å². The number of fused-ring (bicyclic) bond motifs is 1. The summed E-state index contributed by atoms with van der Waals surface area (Å²) in [6, 6.07) is 9.28. The molecule has 2 aromatic carbocycles. The normalized spacial score (nSPS) is 13.8. The number of hydrogen-bond acceptors (Lipinski definition) is 3. The Bertz CT molecular complexity index is 990. The van der Waals surface area contributed by atoms with Crippen molar-refractivity contribution in [3.05, 3.63) is 74.0 Å². The molecular formula is C18H16Cl2FN3O. The Labute approximate surface area is 154 Å². The highest BCUT2D eigenvalue weighted by atomic mass is 35.5. The van der Waals surface area contributed by atoms with E-state index in [1.807, 2.05) is 19.9 Å². The number of aromatic amines is 1. The maximum Gasteiger partial charge on any atom is 0.258 e. The average Bonchev–Trinajstić information content (AvgIpc) is 2.58. The number of rotatable bonds is 4. The summed E-state index contributed by atoms with van der Waals surface area (Å²) < 4.78 is 13.7. The Morgan fingerprint density at radius 1 is 1.12 bits per heavy atom. The van der Waals surface area contributed by atoms with Crippen molar-refractivity contribution < 1.29 is 4.39 Å². The van der Waals surface area contributed by atoms with Gasteiger partial charge in [-0.2, -0.15) is 0 Å². The smallest absolute Gasteiger partial charge is 0.258 e. The zero-order valence-corrected chi connectivity index (χ0v) is 15.1. The Morgan fingerprint density at radius 3 is 2.60 bits per heavy atom. The van der Waals surface area contributed by atoms with Crippen LogP contribution in [0.2, 0.25) is 10.0 Å². The first-order chi connectivity index (χ1) is 11.9. The molecular weight excluding hydrogens is 364 g/mol. The predicted molar refractivity (Wildman–Crippen MR) is 98.7 cm³/mol. The number of benzene rings is 2. The van der Waals surface area contributed by atoms with E-state index in [1.165, 1.54) is 12.1 Å². The summed E-state index contributed by atoms with van der Waals surface area (Å²) in [6.45, 7) is 3.72. The SMILES string of the molecule is C[C@@H](N[C@H](C)c1cc(F)c(Cl)cc1Cl)c1nc2ccccc2c(=O)[nH]1. The van der Waals surface area contributed by atoms with Crippen LogP contribution in [0.1, 0.15) is 37.3 Å². The van der Waals surface area contributed by atoms with Crippen LogP contribution in [0.3, 0.4) is 0 Å². The molecule has 1 heterocycles. The quantitative estimate of drug-likeness (QED) is 0.641. The Morgan fingerprint density at radius 2 is 1.84 bits per heavy atom. The molecule has 2 atom stereocenters. The Balaban J connectivity index is 1.88. The third-order valence-corrected chi connectivity index (χ3v) is 4.66. The van der Waals surface area contributed by atoms with E-state index in [-0.39, 0.29) is 22.7 Å². The number of hydrogen-bond donors (Lipinski definition) is 2. The number of para-hydroxylation sites is 1. The number of nitrogens with zero attached hydrogens (tertiary/aromatic N) is 1. The summed E-state index contributed by atoms with van der Waals surface area (Å²) in [7, 11) is 0. The van der Waals surface area contributed by atoms with E-state index in [9.17, 15) is 9.18 Å². The molecule has 3 rings (SSSR count). The minimum absolute atomic E-state index is 0.0190. The van der Waals surface area contributed by atoms with Crippen molar-refractivity contribution in [1.82, 2.24) is 15.3 Å². The first-order valence-electron chi connectivity index (χ1n) is 7.76. The Kier molecular flexibility index (Phi) is 5.08. The van der Waals surface area contributed by atoms with E-state index >= 15 is 0 Å². The number of halogens is 3. The minimum Gasteiger partial charge on any atom is -0.309 e. The van der Waals surface area contributed by atoms with Crippen LogP contribution >= 0.6 is 23.2 Å². The summed E-state index contributed by atoms with van der Waals surface area (Å²) >= 11 is 11.9. The fraction of sp³-hybridized carbons (Fsp3) is 0.222. The molecule has 0 unspecified atom stereocenters. The molecule has 25 heavy (non-hydrogen) atoms. The highest BCUT2D eigenvalue weighted by molar-refractivity contribution is 6.35. The highest BCUT2D eigenvalue weighted by Gasteiger charge is 2.18. The molecule has 130 valence electrons. The van der Waals surface area contributed by atoms with Gasteiger partial charge in [-0.25, -0.2) is 9.37 Å². The van der Waals surface area contributed by atoms with E-state index in [1.54, 1.807) is 18.2 Å². The van der Waals surface area contributed by atoms with Crippen LogP contribution in [0, 0.1) is 5.82 Å². The standard InChI is InChI=1S/C18H16Cl2FN3O/c1-9(12-7-15(21)14(20)8-13(12)19)22-10(2)17-23-16-6-4-3-5-11(16)18(25)24-17/h3-10,22H,1-2H3,(H,23,24,25)/t9-,10-/m1/s1. The van der Waals surface area contributed by atoms with E-state index < -0.39 is 5.82 Å². The van der Waals surface area contributed by atoms with Gasteiger partial charge >= 0.3 is 0 Å². The lowest BCUT2D eigenvalue weighted by Crippen LogP contribution is -2.26. The fourth-order valence-electron chi connectivity index (χ4n) is 2.72. The van der Waals surface area contributed by atoms with Crippen LogP contribution < -0.4 is 10.9 Å². The summed E-state index contributed by atoms with van der Waals surface area (Å²) in [5.41, 5.74) is 1.01. The lowest BCUT2D eigenvalue weighted by molar-refractivity contribution is 0.475. The van der Waals surface area contributed by atoms with Gasteiger partial charge in [0, 0.05) is 11.1 Å². The first-order valence-corrected chi connectivity index (χ1v) is 8.52. The molecule has 0 saturated heterocycles. The van der Waals surface area contributed by atoms with Gasteiger partial charge in [0.05, 0.1) is 22.0 Å². The van der Waals surface area contributed by atoms with Crippen molar-refractivity contribution in [3.63, 3.8) is 0 Å². The van der Waals surface area contributed by atoms with Crippen molar-refractivity contribution in [3.8, 4) is 0 Å². The van der Waals surface area contributed by atoms with Crippen LogP contribution in [0.5, 0.6) is 0 Å². The van der Waals surface area contributed by atoms with Gasteiger partial charge in [0.1, 0.15) is 11.6 Å². The molecule has 0 saturated carbocycles. The maximum absolute atomic E-state index is 13.7. The van der Waals surface area contributed by atoms with Gasteiger partial charge in [-0.3, -0.25) is 4.79 Å². The summed E-state index contributed by atoms with van der Waals surface area (Å²) in [4.78, 5) is 19.5. The number of aromatic nitrogens is 2. The first kappa shape index (κ1) is 17.9. The molecule has 3 aromatic rings. The summed E-state index contributed by atoms with van der Waals surface area (Å²) in [5, 5.41) is 4.16. The zero-order chi connectivity index (χ0) is 18.1. The third kappa shape index (κ3) is 3.68. The molecule has 0 aliphatic carbocycles. The lowest BCUT2D eigenvalue weighted by Gasteiger charge is -2.21. The Hall–Kier alpha value is -1.95. The molecule has 1 aromatic heterocycles. The van der Waals surface area contributed by atoms with E-state index in [0.29, 0.717) is 27.3 Å². The summed E-state index contributed by atoms with van der Waals surface area (Å²) in [6.07, 6.45) is 0. The zero-order valence-electron chi connectivity index (χ0n) is 13.6. The van der Waals surface area contributed by atoms with Gasteiger partial charge < -0.3 is 10.3 Å². The second-order valence-electron chi connectivity index (χ2n) is 5.87. The average molecular weight is 380 g/mol. The van der Waals surface area contributed by atoms with Gasteiger partial charge in [-0.05, 0) is 43.7 Å². The van der Waals surface area contributed by atoms with Crippen LogP contribution in [-0.2, 0) is 0 Å². The van der Waals surface area contributed by atoms with Crippen LogP contribution in [-0.4, -0.2) is 9.97 Å². The number of H-pyrrole nitrogens is 1. The van der Waals surface area contributed by atoms with Gasteiger partial charge in [-0.15, -0.1) is 0 Å². The molecule has 0 amide bonds. The lowest BCUT2D eigenvalue weighted by atomic mass is 10.1. The van der Waals surface area contributed by atoms with Crippen LogP contribution in [0.25, 0.3) is 10.9 Å². The van der Waals surface area contributed by atoms with Gasteiger partial charge in [0.15, 0.2) is 0 Å². The molecule has 0 aliphatic rings. The molecule has 0 aliphatic heterocycles. The topological polar surface area (TPSA) is 57.8 Å². The van der Waals surface area contributed by atoms with Crippen LogP contribution in [0.15, 0.2) is 41.2 Å². The summed E-state index contributed by atoms with van der Waals surface area (Å²) in [5.74, 6) is -0.0271. The van der Waals surface area contributed by atoms with Crippen molar-refractivity contribution in [2.24, 2.45) is 0 Å². The van der Waals surface area contributed by atoms with Gasteiger partial charge in [-0.1, -0.05) is 35.3 Å². The molecule has 0 bridgehead atoms. The minimum atomic E-state index is -0.528. The molecule has 4 nitrogen and oxygen atoms in total. The van der Waals surface area contributed by atoms with Gasteiger partial charge in [0.2, 0.25) is 0 Å². The van der Waals surface area contributed by atoms with Crippen LogP contribution in [0.4, 0.5) is 4.39 Å². The maximum atomic E-state index is 13.7. The molecule has 7 heteroatoms. The largest absolute Gasteiger partial charge is 0.309 e. The van der Waals surface area contributed by atoms with Gasteiger partial charge in [0.25, 0.3) is 5.56 Å².